The highest BCUT2D eigenvalue weighted by atomic mass is 35.5. The highest BCUT2D eigenvalue weighted by molar-refractivity contribution is 6.34. The Morgan fingerprint density at radius 2 is 1.67 bits per heavy atom. The van der Waals surface area contributed by atoms with E-state index in [0.717, 1.165) is 22.4 Å². The summed E-state index contributed by atoms with van der Waals surface area (Å²) in [5.74, 6) is -0.613. The van der Waals surface area contributed by atoms with E-state index in [2.05, 4.69) is 15.6 Å². The van der Waals surface area contributed by atoms with Crippen molar-refractivity contribution in [3.8, 4) is 11.3 Å². The molecule has 0 bridgehead atoms. The number of hydrogen-bond donors (Lipinski definition) is 2. The van der Waals surface area contributed by atoms with Crippen LogP contribution in [-0.4, -0.2) is 16.8 Å². The van der Waals surface area contributed by atoms with Crippen LogP contribution >= 0.6 is 11.6 Å². The molecule has 0 fully saturated rings. The van der Waals surface area contributed by atoms with E-state index in [0.29, 0.717) is 17.8 Å². The smallest absolute Gasteiger partial charge is 0.257 e. The molecular weight excluding hydrogens is 434 g/mol. The molecule has 2 amide bonds. The molecule has 0 saturated heterocycles. The number of rotatable bonds is 6. The zero-order chi connectivity index (χ0) is 23.2. The number of anilines is 1. The summed E-state index contributed by atoms with van der Waals surface area (Å²) >= 11 is 6.35. The number of aromatic nitrogens is 1. The quantitative estimate of drug-likeness (QED) is 0.380. The average Bonchev–Trinajstić information content (AvgIpc) is 2.84. The van der Waals surface area contributed by atoms with Crippen molar-refractivity contribution in [2.24, 2.45) is 0 Å². The Hall–Kier alpha value is -3.96. The van der Waals surface area contributed by atoms with Gasteiger partial charge in [0.05, 0.1) is 16.3 Å². The van der Waals surface area contributed by atoms with Crippen molar-refractivity contribution < 1.29 is 9.59 Å². The Labute approximate surface area is 197 Å². The van der Waals surface area contributed by atoms with Gasteiger partial charge < -0.3 is 10.6 Å². The zero-order valence-corrected chi connectivity index (χ0v) is 18.8. The fourth-order valence-corrected chi connectivity index (χ4v) is 3.68. The lowest BCUT2D eigenvalue weighted by Gasteiger charge is -2.11. The van der Waals surface area contributed by atoms with Crippen molar-refractivity contribution in [1.82, 2.24) is 10.3 Å². The van der Waals surface area contributed by atoms with E-state index in [-0.39, 0.29) is 22.4 Å². The van der Waals surface area contributed by atoms with Crippen molar-refractivity contribution in [2.75, 3.05) is 5.32 Å². The van der Waals surface area contributed by atoms with Crippen LogP contribution in [0.3, 0.4) is 0 Å². The first-order valence-corrected chi connectivity index (χ1v) is 10.8. The summed E-state index contributed by atoms with van der Waals surface area (Å²) < 4.78 is 0. The summed E-state index contributed by atoms with van der Waals surface area (Å²) in [5.41, 5.74) is 5.12. The molecule has 1 heterocycles. The second-order valence-corrected chi connectivity index (χ2v) is 7.97. The number of pyridine rings is 1. The lowest BCUT2D eigenvalue weighted by atomic mass is 10.0. The number of aryl methyl sites for hydroxylation is 1. The van der Waals surface area contributed by atoms with E-state index in [9.17, 15) is 9.59 Å². The minimum absolute atomic E-state index is 0.205. The summed E-state index contributed by atoms with van der Waals surface area (Å²) in [7, 11) is 0. The van der Waals surface area contributed by atoms with Crippen molar-refractivity contribution in [2.45, 2.75) is 13.5 Å². The first-order chi connectivity index (χ1) is 16.0. The second-order valence-electron chi connectivity index (χ2n) is 7.56. The Morgan fingerprint density at radius 1 is 0.879 bits per heavy atom. The maximum atomic E-state index is 12.8. The molecule has 6 heteroatoms. The van der Waals surface area contributed by atoms with E-state index >= 15 is 0 Å². The van der Waals surface area contributed by atoms with Gasteiger partial charge in [0.1, 0.15) is 0 Å². The predicted molar refractivity (Wildman–Crippen MR) is 131 cm³/mol. The normalized spacial score (nSPS) is 10.5. The lowest BCUT2D eigenvalue weighted by Crippen LogP contribution is -2.23. The maximum Gasteiger partial charge on any atom is 0.257 e. The standard InChI is InChI=1S/C27H22ClN3O2/c1-18-10-12-21(16-23(18)25-9-5-6-14-29-25)31-27(33)22-13-11-20(15-24(22)28)26(32)30-17-19-7-3-2-4-8-19/h2-16H,17H2,1H3,(H,30,32)(H,31,33). The van der Waals surface area contributed by atoms with E-state index in [1.54, 1.807) is 18.3 Å². The Morgan fingerprint density at radius 3 is 2.39 bits per heavy atom. The first kappa shape index (κ1) is 22.2. The minimum Gasteiger partial charge on any atom is -0.348 e. The van der Waals surface area contributed by atoms with Gasteiger partial charge in [-0.05, 0) is 60.5 Å². The van der Waals surface area contributed by atoms with E-state index in [4.69, 9.17) is 11.6 Å². The Bertz CT molecular complexity index is 1290. The van der Waals surface area contributed by atoms with Crippen LogP contribution in [0.25, 0.3) is 11.3 Å². The molecule has 0 aliphatic rings. The number of nitrogens with one attached hydrogen (secondary N) is 2. The summed E-state index contributed by atoms with van der Waals surface area (Å²) in [6.07, 6.45) is 1.73. The summed E-state index contributed by atoms with van der Waals surface area (Å²) in [6, 6.07) is 25.6. The van der Waals surface area contributed by atoms with Crippen LogP contribution in [0.2, 0.25) is 5.02 Å². The highest BCUT2D eigenvalue weighted by Crippen LogP contribution is 2.26. The summed E-state index contributed by atoms with van der Waals surface area (Å²) in [4.78, 5) is 29.7. The number of benzene rings is 3. The van der Waals surface area contributed by atoms with Gasteiger partial charge in [-0.2, -0.15) is 0 Å². The number of nitrogens with zero attached hydrogens (tertiary/aromatic N) is 1. The van der Waals surface area contributed by atoms with Crippen LogP contribution in [0.15, 0.2) is 91.1 Å². The average molecular weight is 456 g/mol. The lowest BCUT2D eigenvalue weighted by molar-refractivity contribution is 0.0949. The largest absolute Gasteiger partial charge is 0.348 e. The van der Waals surface area contributed by atoms with Crippen molar-refractivity contribution >= 4 is 29.1 Å². The number of carbonyl (C=O) groups excluding carboxylic acids is 2. The van der Waals surface area contributed by atoms with Gasteiger partial charge in [-0.15, -0.1) is 0 Å². The van der Waals surface area contributed by atoms with Crippen LogP contribution in [0.5, 0.6) is 0 Å². The van der Waals surface area contributed by atoms with Gasteiger partial charge in [-0.25, -0.2) is 0 Å². The van der Waals surface area contributed by atoms with Gasteiger partial charge in [0.25, 0.3) is 11.8 Å². The van der Waals surface area contributed by atoms with Crippen LogP contribution in [0, 0.1) is 6.92 Å². The molecule has 1 aromatic heterocycles. The van der Waals surface area contributed by atoms with Gasteiger partial charge in [0.15, 0.2) is 0 Å². The molecule has 4 aromatic rings. The molecule has 2 N–H and O–H groups in total. The van der Waals surface area contributed by atoms with Crippen LogP contribution in [0.4, 0.5) is 5.69 Å². The van der Waals surface area contributed by atoms with Gasteiger partial charge in [0.2, 0.25) is 0 Å². The second kappa shape index (κ2) is 10.1. The molecule has 0 atom stereocenters. The topological polar surface area (TPSA) is 71.1 Å². The molecule has 0 saturated carbocycles. The van der Waals surface area contributed by atoms with Crippen LogP contribution in [0.1, 0.15) is 31.8 Å². The maximum absolute atomic E-state index is 12.8. The van der Waals surface area contributed by atoms with Crippen molar-refractivity contribution in [3.63, 3.8) is 0 Å². The van der Waals surface area contributed by atoms with E-state index in [1.165, 1.54) is 6.07 Å². The molecule has 0 aliphatic carbocycles. The summed E-state index contributed by atoms with van der Waals surface area (Å²) in [5, 5.41) is 5.94. The number of amides is 2. The van der Waals surface area contributed by atoms with Gasteiger partial charge in [-0.3, -0.25) is 14.6 Å². The zero-order valence-electron chi connectivity index (χ0n) is 18.0. The van der Waals surface area contributed by atoms with E-state index < -0.39 is 0 Å². The molecule has 4 rings (SSSR count). The Kier molecular flexibility index (Phi) is 6.81. The molecule has 0 radical (unpaired) electrons. The molecule has 5 nitrogen and oxygen atoms in total. The molecule has 33 heavy (non-hydrogen) atoms. The number of halogens is 1. The van der Waals surface area contributed by atoms with Crippen molar-refractivity contribution in [3.05, 3.63) is 118 Å². The Balaban J connectivity index is 1.46. The third-order valence-electron chi connectivity index (χ3n) is 5.21. The monoisotopic (exact) mass is 455 g/mol. The van der Waals surface area contributed by atoms with Gasteiger partial charge in [0, 0.05) is 29.6 Å². The molecule has 3 aromatic carbocycles. The minimum atomic E-state index is -0.355. The molecule has 0 unspecified atom stereocenters. The van der Waals surface area contributed by atoms with Crippen molar-refractivity contribution in [1.29, 1.82) is 0 Å². The van der Waals surface area contributed by atoms with Crippen LogP contribution in [-0.2, 0) is 6.54 Å². The third-order valence-corrected chi connectivity index (χ3v) is 5.52. The fraction of sp³-hybridized carbons (Fsp3) is 0.0741. The number of hydrogen-bond acceptors (Lipinski definition) is 3. The third kappa shape index (κ3) is 5.45. The van der Waals surface area contributed by atoms with Gasteiger partial charge >= 0.3 is 0 Å². The first-order valence-electron chi connectivity index (χ1n) is 10.5. The molecule has 164 valence electrons. The summed E-state index contributed by atoms with van der Waals surface area (Å²) in [6.45, 7) is 2.40. The molecule has 0 aliphatic heterocycles. The number of carbonyl (C=O) groups is 2. The van der Waals surface area contributed by atoms with Gasteiger partial charge in [-0.1, -0.05) is 54.1 Å². The fourth-order valence-electron chi connectivity index (χ4n) is 3.42. The van der Waals surface area contributed by atoms with E-state index in [1.807, 2.05) is 73.7 Å². The SMILES string of the molecule is Cc1ccc(NC(=O)c2ccc(C(=O)NCc3ccccc3)cc2Cl)cc1-c1ccccn1. The van der Waals surface area contributed by atoms with Crippen LogP contribution < -0.4 is 10.6 Å². The molecular formula is C27H22ClN3O2. The highest BCUT2D eigenvalue weighted by Gasteiger charge is 2.15. The predicted octanol–water partition coefficient (Wildman–Crippen LogP) is 5.89. The molecule has 0 spiro atoms.